The van der Waals surface area contributed by atoms with Crippen LogP contribution in [-0.4, -0.2) is 11.5 Å². The molecular weight excluding hydrogens is 284 g/mol. The molecule has 92 valence electrons. The maximum atomic E-state index is 10.9. The third-order valence-corrected chi connectivity index (χ3v) is 3.71. The van der Waals surface area contributed by atoms with E-state index in [4.69, 9.17) is 0 Å². The lowest BCUT2D eigenvalue weighted by Gasteiger charge is -2.10. The minimum Gasteiger partial charge on any atom is -0.312 e. The highest BCUT2D eigenvalue weighted by molar-refractivity contribution is 9.10. The number of rotatable bonds is 5. The standard InChI is InChI=1S/C12H15BrN2O2/c1-12(4-5-12)8-14-7-9-2-3-10(13)6-11(9)15(16)17/h2-3,6,14H,4-5,7-8H2,1H3. The lowest BCUT2D eigenvalue weighted by atomic mass is 10.1. The van der Waals surface area contributed by atoms with E-state index in [2.05, 4.69) is 28.2 Å². The van der Waals surface area contributed by atoms with Crippen molar-refractivity contribution >= 4 is 21.6 Å². The molecule has 1 aliphatic rings. The Morgan fingerprint density at radius 3 is 2.82 bits per heavy atom. The van der Waals surface area contributed by atoms with Crippen LogP contribution in [-0.2, 0) is 6.54 Å². The van der Waals surface area contributed by atoms with Gasteiger partial charge in [0.25, 0.3) is 5.69 Å². The van der Waals surface area contributed by atoms with Gasteiger partial charge >= 0.3 is 0 Å². The number of nitro groups is 1. The molecule has 0 spiro atoms. The molecule has 0 bridgehead atoms. The van der Waals surface area contributed by atoms with Crippen molar-refractivity contribution in [2.45, 2.75) is 26.3 Å². The molecule has 0 saturated heterocycles. The lowest BCUT2D eigenvalue weighted by Crippen LogP contribution is -2.21. The molecule has 1 saturated carbocycles. The molecule has 1 aromatic carbocycles. The van der Waals surface area contributed by atoms with Gasteiger partial charge in [-0.25, -0.2) is 0 Å². The molecule has 1 aromatic rings. The van der Waals surface area contributed by atoms with Crippen molar-refractivity contribution in [2.24, 2.45) is 5.41 Å². The van der Waals surface area contributed by atoms with E-state index in [1.165, 1.54) is 12.8 Å². The summed E-state index contributed by atoms with van der Waals surface area (Å²) in [6.45, 7) is 3.72. The molecule has 0 unspecified atom stereocenters. The van der Waals surface area contributed by atoms with Crippen LogP contribution in [0.3, 0.4) is 0 Å². The molecule has 0 heterocycles. The van der Waals surface area contributed by atoms with Gasteiger partial charge in [-0.3, -0.25) is 10.1 Å². The van der Waals surface area contributed by atoms with E-state index in [-0.39, 0.29) is 10.6 Å². The molecule has 0 atom stereocenters. The number of nitrogens with one attached hydrogen (secondary N) is 1. The third-order valence-electron chi connectivity index (χ3n) is 3.21. The fraction of sp³-hybridized carbons (Fsp3) is 0.500. The fourth-order valence-electron chi connectivity index (χ4n) is 1.75. The summed E-state index contributed by atoms with van der Waals surface area (Å²) in [5.74, 6) is 0. The van der Waals surface area contributed by atoms with Gasteiger partial charge in [0.1, 0.15) is 0 Å². The van der Waals surface area contributed by atoms with Crippen molar-refractivity contribution in [3.8, 4) is 0 Å². The second-order valence-electron chi connectivity index (χ2n) is 4.94. The van der Waals surface area contributed by atoms with Crippen LogP contribution in [0.15, 0.2) is 22.7 Å². The van der Waals surface area contributed by atoms with Crippen molar-refractivity contribution in [3.63, 3.8) is 0 Å². The van der Waals surface area contributed by atoms with Crippen molar-refractivity contribution in [1.82, 2.24) is 5.32 Å². The van der Waals surface area contributed by atoms with Crippen LogP contribution in [0.25, 0.3) is 0 Å². The number of halogens is 1. The van der Waals surface area contributed by atoms with E-state index < -0.39 is 0 Å². The van der Waals surface area contributed by atoms with Crippen LogP contribution in [0.4, 0.5) is 5.69 Å². The zero-order valence-corrected chi connectivity index (χ0v) is 11.3. The van der Waals surface area contributed by atoms with Gasteiger partial charge in [-0.1, -0.05) is 22.9 Å². The van der Waals surface area contributed by atoms with Crippen LogP contribution < -0.4 is 5.32 Å². The maximum Gasteiger partial charge on any atom is 0.275 e. The van der Waals surface area contributed by atoms with E-state index in [0.717, 1.165) is 16.6 Å². The van der Waals surface area contributed by atoms with Gasteiger partial charge < -0.3 is 5.32 Å². The summed E-state index contributed by atoms with van der Waals surface area (Å²) in [4.78, 5) is 10.6. The van der Waals surface area contributed by atoms with Crippen molar-refractivity contribution < 1.29 is 4.92 Å². The highest BCUT2D eigenvalue weighted by atomic mass is 79.9. The SMILES string of the molecule is CC1(CNCc2ccc(Br)cc2[N+](=O)[O-])CC1. The van der Waals surface area contributed by atoms with Gasteiger partial charge in [-0.05, 0) is 30.4 Å². The number of hydrogen-bond acceptors (Lipinski definition) is 3. The Morgan fingerprint density at radius 1 is 1.53 bits per heavy atom. The first-order valence-corrected chi connectivity index (χ1v) is 6.43. The molecule has 0 amide bonds. The molecule has 2 rings (SSSR count). The molecule has 0 aliphatic heterocycles. The number of benzene rings is 1. The van der Waals surface area contributed by atoms with Crippen LogP contribution in [0.1, 0.15) is 25.3 Å². The normalized spacial score (nSPS) is 16.8. The summed E-state index contributed by atoms with van der Waals surface area (Å²) in [5, 5.41) is 14.2. The summed E-state index contributed by atoms with van der Waals surface area (Å²) in [5.41, 5.74) is 1.33. The summed E-state index contributed by atoms with van der Waals surface area (Å²) < 4.78 is 0.738. The fourth-order valence-corrected chi connectivity index (χ4v) is 2.09. The predicted molar refractivity (Wildman–Crippen MR) is 69.8 cm³/mol. The molecular formula is C12H15BrN2O2. The Kier molecular flexibility index (Phi) is 3.49. The Hall–Kier alpha value is -0.940. The quantitative estimate of drug-likeness (QED) is 0.670. The highest BCUT2D eigenvalue weighted by Crippen LogP contribution is 2.44. The minimum atomic E-state index is -0.333. The zero-order valence-electron chi connectivity index (χ0n) is 9.70. The molecule has 1 N–H and O–H groups in total. The topological polar surface area (TPSA) is 55.2 Å². The molecule has 4 nitrogen and oxygen atoms in total. The Balaban J connectivity index is 2.01. The van der Waals surface area contributed by atoms with Gasteiger partial charge in [0.2, 0.25) is 0 Å². The van der Waals surface area contributed by atoms with Crippen LogP contribution >= 0.6 is 15.9 Å². The van der Waals surface area contributed by atoms with Gasteiger partial charge in [0, 0.05) is 29.2 Å². The van der Waals surface area contributed by atoms with Crippen molar-refractivity contribution in [2.75, 3.05) is 6.54 Å². The average molecular weight is 299 g/mol. The monoisotopic (exact) mass is 298 g/mol. The maximum absolute atomic E-state index is 10.9. The van der Waals surface area contributed by atoms with E-state index in [1.807, 2.05) is 6.07 Å². The molecule has 5 heteroatoms. The summed E-state index contributed by atoms with van der Waals surface area (Å²) in [6, 6.07) is 5.18. The first kappa shape index (κ1) is 12.5. The Morgan fingerprint density at radius 2 is 2.24 bits per heavy atom. The smallest absolute Gasteiger partial charge is 0.275 e. The van der Waals surface area contributed by atoms with Crippen LogP contribution in [0.5, 0.6) is 0 Å². The van der Waals surface area contributed by atoms with Gasteiger partial charge in [0.05, 0.1) is 4.92 Å². The average Bonchev–Trinajstić information content (AvgIpc) is 2.99. The Bertz CT molecular complexity index is 444. The number of hydrogen-bond donors (Lipinski definition) is 1. The molecule has 0 aromatic heterocycles. The van der Waals surface area contributed by atoms with E-state index in [0.29, 0.717) is 12.0 Å². The molecule has 0 radical (unpaired) electrons. The largest absolute Gasteiger partial charge is 0.312 e. The molecule has 17 heavy (non-hydrogen) atoms. The van der Waals surface area contributed by atoms with Gasteiger partial charge in [0.15, 0.2) is 0 Å². The molecule has 1 aliphatic carbocycles. The number of nitrogens with zero attached hydrogens (tertiary/aromatic N) is 1. The Labute approximate surface area is 109 Å². The summed E-state index contributed by atoms with van der Waals surface area (Å²) in [7, 11) is 0. The highest BCUT2D eigenvalue weighted by Gasteiger charge is 2.36. The van der Waals surface area contributed by atoms with E-state index >= 15 is 0 Å². The minimum absolute atomic E-state index is 0.174. The summed E-state index contributed by atoms with van der Waals surface area (Å²) >= 11 is 3.25. The first-order chi connectivity index (χ1) is 8.00. The molecule has 1 fully saturated rings. The third kappa shape index (κ3) is 3.26. The first-order valence-electron chi connectivity index (χ1n) is 5.64. The second-order valence-corrected chi connectivity index (χ2v) is 5.86. The van der Waals surface area contributed by atoms with Gasteiger partial charge in [-0.2, -0.15) is 0 Å². The number of nitro benzene ring substituents is 1. The predicted octanol–water partition coefficient (Wildman–Crippen LogP) is 3.25. The lowest BCUT2D eigenvalue weighted by molar-refractivity contribution is -0.385. The van der Waals surface area contributed by atoms with Crippen LogP contribution in [0, 0.1) is 15.5 Å². The van der Waals surface area contributed by atoms with Crippen LogP contribution in [0.2, 0.25) is 0 Å². The van der Waals surface area contributed by atoms with Gasteiger partial charge in [-0.15, -0.1) is 0 Å². The van der Waals surface area contributed by atoms with Crippen molar-refractivity contribution in [1.29, 1.82) is 0 Å². The van der Waals surface area contributed by atoms with Crippen molar-refractivity contribution in [3.05, 3.63) is 38.3 Å². The zero-order chi connectivity index (χ0) is 12.5. The van der Waals surface area contributed by atoms with E-state index in [9.17, 15) is 10.1 Å². The summed E-state index contributed by atoms with van der Waals surface area (Å²) in [6.07, 6.45) is 2.50. The second kappa shape index (κ2) is 4.74. The van der Waals surface area contributed by atoms with E-state index in [1.54, 1.807) is 12.1 Å².